The number of epoxide rings is 1. The van der Waals surface area contributed by atoms with Crippen LogP contribution < -0.4 is 5.32 Å². The molecule has 0 saturated carbocycles. The number of carbonyl (C=O) groups is 1. The molecule has 0 aliphatic carbocycles. The van der Waals surface area contributed by atoms with E-state index in [9.17, 15) is 4.79 Å². The van der Waals surface area contributed by atoms with Gasteiger partial charge in [-0.05, 0) is 47.0 Å². The zero-order valence-electron chi connectivity index (χ0n) is 15.1. The van der Waals surface area contributed by atoms with Crippen LogP contribution in [0.1, 0.15) is 73.1 Å². The van der Waals surface area contributed by atoms with E-state index in [1.165, 1.54) is 0 Å². The van der Waals surface area contributed by atoms with Gasteiger partial charge < -0.3 is 10.1 Å². The van der Waals surface area contributed by atoms with E-state index in [0.29, 0.717) is 12.5 Å². The SMILES string of the molecule is CCCCCC(=O)NC1CC(C)(C)N(CC2CO2)C(C)(C)C1. The monoisotopic (exact) mass is 310 g/mol. The van der Waals surface area contributed by atoms with E-state index in [4.69, 9.17) is 4.74 Å². The highest BCUT2D eigenvalue weighted by molar-refractivity contribution is 5.76. The molecule has 2 heterocycles. The summed E-state index contributed by atoms with van der Waals surface area (Å²) in [6.45, 7) is 13.3. The molecule has 1 atom stereocenters. The van der Waals surface area contributed by atoms with Crippen molar-refractivity contribution in [1.29, 1.82) is 0 Å². The van der Waals surface area contributed by atoms with Crippen LogP contribution in [-0.4, -0.2) is 47.2 Å². The summed E-state index contributed by atoms with van der Waals surface area (Å²) in [6.07, 6.45) is 6.43. The van der Waals surface area contributed by atoms with Crippen LogP contribution in [0, 0.1) is 0 Å². The largest absolute Gasteiger partial charge is 0.372 e. The fourth-order valence-electron chi connectivity index (χ4n) is 4.13. The fraction of sp³-hybridized carbons (Fsp3) is 0.944. The van der Waals surface area contributed by atoms with E-state index in [2.05, 4.69) is 44.8 Å². The standard InChI is InChI=1S/C18H34N2O2/c1-6-7-8-9-16(21)19-14-10-17(2,3)20(12-15-13-22-15)18(4,5)11-14/h14-15H,6-13H2,1-5H3,(H,19,21). The van der Waals surface area contributed by atoms with E-state index in [-0.39, 0.29) is 23.0 Å². The Morgan fingerprint density at radius 1 is 1.18 bits per heavy atom. The average Bonchev–Trinajstić information content (AvgIpc) is 3.17. The van der Waals surface area contributed by atoms with Gasteiger partial charge >= 0.3 is 0 Å². The number of hydrogen-bond donors (Lipinski definition) is 1. The zero-order chi connectivity index (χ0) is 16.4. The summed E-state index contributed by atoms with van der Waals surface area (Å²) in [5, 5.41) is 3.28. The summed E-state index contributed by atoms with van der Waals surface area (Å²) in [6, 6.07) is 0.287. The van der Waals surface area contributed by atoms with E-state index >= 15 is 0 Å². The summed E-state index contributed by atoms with van der Waals surface area (Å²) in [5.41, 5.74) is 0.185. The van der Waals surface area contributed by atoms with E-state index in [1.54, 1.807) is 0 Å². The van der Waals surface area contributed by atoms with Gasteiger partial charge in [-0.25, -0.2) is 0 Å². The lowest BCUT2D eigenvalue weighted by atomic mass is 9.76. The lowest BCUT2D eigenvalue weighted by Crippen LogP contribution is -2.65. The normalized spacial score (nSPS) is 27.6. The number of hydrogen-bond acceptors (Lipinski definition) is 3. The van der Waals surface area contributed by atoms with Gasteiger partial charge in [-0.1, -0.05) is 19.8 Å². The van der Waals surface area contributed by atoms with Crippen LogP contribution >= 0.6 is 0 Å². The Morgan fingerprint density at radius 3 is 2.27 bits per heavy atom. The van der Waals surface area contributed by atoms with Crippen molar-refractivity contribution in [3.63, 3.8) is 0 Å². The second-order valence-corrected chi connectivity index (χ2v) is 8.32. The van der Waals surface area contributed by atoms with Crippen LogP contribution in [0.5, 0.6) is 0 Å². The Morgan fingerprint density at radius 2 is 1.77 bits per heavy atom. The molecule has 0 bridgehead atoms. The van der Waals surface area contributed by atoms with Crippen molar-refractivity contribution in [2.75, 3.05) is 13.2 Å². The molecule has 2 fully saturated rings. The average molecular weight is 310 g/mol. The highest BCUT2D eigenvalue weighted by Crippen LogP contribution is 2.39. The lowest BCUT2D eigenvalue weighted by molar-refractivity contribution is -0.123. The summed E-state index contributed by atoms with van der Waals surface area (Å²) < 4.78 is 5.43. The predicted octanol–water partition coefficient (Wildman–Crippen LogP) is 3.10. The van der Waals surface area contributed by atoms with Crippen molar-refractivity contribution in [1.82, 2.24) is 10.2 Å². The molecule has 1 N–H and O–H groups in total. The summed E-state index contributed by atoms with van der Waals surface area (Å²) in [4.78, 5) is 14.7. The molecule has 4 nitrogen and oxygen atoms in total. The van der Waals surface area contributed by atoms with Crippen molar-refractivity contribution in [3.05, 3.63) is 0 Å². The molecule has 0 radical (unpaired) electrons. The van der Waals surface area contributed by atoms with E-state index < -0.39 is 0 Å². The third kappa shape index (κ3) is 4.69. The number of piperidine rings is 1. The molecule has 2 saturated heterocycles. The van der Waals surface area contributed by atoms with Gasteiger partial charge in [0.05, 0.1) is 12.7 Å². The van der Waals surface area contributed by atoms with Gasteiger partial charge in [-0.2, -0.15) is 0 Å². The molecule has 1 amide bonds. The maximum absolute atomic E-state index is 12.1. The van der Waals surface area contributed by atoms with Crippen LogP contribution in [0.2, 0.25) is 0 Å². The van der Waals surface area contributed by atoms with Crippen LogP contribution in [0.25, 0.3) is 0 Å². The smallest absolute Gasteiger partial charge is 0.220 e. The van der Waals surface area contributed by atoms with Crippen molar-refractivity contribution in [2.45, 2.75) is 96.4 Å². The van der Waals surface area contributed by atoms with Crippen molar-refractivity contribution in [2.24, 2.45) is 0 Å². The first-order valence-electron chi connectivity index (χ1n) is 8.93. The van der Waals surface area contributed by atoms with E-state index in [1.807, 2.05) is 0 Å². The highest BCUT2D eigenvalue weighted by atomic mass is 16.6. The topological polar surface area (TPSA) is 44.9 Å². The molecule has 0 spiro atoms. The maximum atomic E-state index is 12.1. The molecule has 0 aromatic carbocycles. The number of nitrogens with one attached hydrogen (secondary N) is 1. The Hall–Kier alpha value is -0.610. The number of carbonyl (C=O) groups excluding carboxylic acids is 1. The second-order valence-electron chi connectivity index (χ2n) is 8.32. The summed E-state index contributed by atoms with van der Waals surface area (Å²) >= 11 is 0. The predicted molar refractivity (Wildman–Crippen MR) is 89.9 cm³/mol. The van der Waals surface area contributed by atoms with Gasteiger partial charge in [0, 0.05) is 30.1 Å². The molecule has 1 unspecified atom stereocenters. The quantitative estimate of drug-likeness (QED) is 0.580. The number of rotatable bonds is 7. The molecule has 4 heteroatoms. The van der Waals surface area contributed by atoms with Crippen molar-refractivity contribution in [3.8, 4) is 0 Å². The third-order valence-corrected chi connectivity index (χ3v) is 5.11. The Labute approximate surface area is 136 Å². The van der Waals surface area contributed by atoms with Crippen molar-refractivity contribution < 1.29 is 9.53 Å². The Balaban J connectivity index is 1.91. The minimum atomic E-state index is 0.0923. The van der Waals surface area contributed by atoms with Crippen LogP contribution in [-0.2, 0) is 9.53 Å². The maximum Gasteiger partial charge on any atom is 0.220 e. The third-order valence-electron chi connectivity index (χ3n) is 5.11. The van der Waals surface area contributed by atoms with E-state index in [0.717, 1.165) is 45.3 Å². The van der Waals surface area contributed by atoms with Crippen LogP contribution in [0.3, 0.4) is 0 Å². The zero-order valence-corrected chi connectivity index (χ0v) is 15.1. The van der Waals surface area contributed by atoms with Crippen LogP contribution in [0.15, 0.2) is 0 Å². The molecular formula is C18H34N2O2. The van der Waals surface area contributed by atoms with Gasteiger partial charge in [0.15, 0.2) is 0 Å². The Bertz CT molecular complexity index is 371. The first-order valence-corrected chi connectivity index (χ1v) is 8.93. The number of likely N-dealkylation sites (tertiary alicyclic amines) is 1. The Kier molecular flexibility index (Phi) is 5.54. The molecule has 2 aliphatic rings. The van der Waals surface area contributed by atoms with Crippen LogP contribution in [0.4, 0.5) is 0 Å². The molecule has 0 aromatic heterocycles. The summed E-state index contributed by atoms with van der Waals surface area (Å²) in [5.74, 6) is 0.226. The second kappa shape index (κ2) is 6.88. The number of ether oxygens (including phenoxy) is 1. The van der Waals surface area contributed by atoms with Gasteiger partial charge in [0.1, 0.15) is 0 Å². The fourth-order valence-corrected chi connectivity index (χ4v) is 4.13. The molecule has 2 rings (SSSR count). The molecule has 22 heavy (non-hydrogen) atoms. The van der Waals surface area contributed by atoms with Crippen molar-refractivity contribution >= 4 is 5.91 Å². The first-order chi connectivity index (χ1) is 10.2. The van der Waals surface area contributed by atoms with Gasteiger partial charge in [-0.3, -0.25) is 9.69 Å². The minimum absolute atomic E-state index is 0.0923. The highest BCUT2D eigenvalue weighted by Gasteiger charge is 2.47. The van der Waals surface area contributed by atoms with Gasteiger partial charge in [0.2, 0.25) is 5.91 Å². The number of nitrogens with zero attached hydrogens (tertiary/aromatic N) is 1. The molecule has 128 valence electrons. The van der Waals surface area contributed by atoms with Gasteiger partial charge in [-0.15, -0.1) is 0 Å². The summed E-state index contributed by atoms with van der Waals surface area (Å²) in [7, 11) is 0. The minimum Gasteiger partial charge on any atom is -0.372 e. The molecule has 2 aliphatic heterocycles. The lowest BCUT2D eigenvalue weighted by Gasteiger charge is -2.55. The number of amides is 1. The van der Waals surface area contributed by atoms with Gasteiger partial charge in [0.25, 0.3) is 0 Å². The number of unbranched alkanes of at least 4 members (excludes halogenated alkanes) is 2. The molecule has 0 aromatic rings. The first kappa shape index (κ1) is 17.7. The molecular weight excluding hydrogens is 276 g/mol.